The molecule has 5 atom stereocenters. The zero-order chi connectivity index (χ0) is 18.6. The minimum atomic E-state index is -0.855. The normalized spacial score (nSPS) is 32.8. The maximum absolute atomic E-state index is 12.2. The number of halogens is 2. The van der Waals surface area contributed by atoms with Gasteiger partial charge in [0.1, 0.15) is 0 Å². The Labute approximate surface area is 158 Å². The largest absolute Gasteiger partial charge is 0.466 e. The second-order valence-corrected chi connectivity index (χ2v) is 7.95. The molecule has 2 rings (SSSR count). The molecule has 0 saturated carbocycles. The highest BCUT2D eigenvalue weighted by Gasteiger charge is 2.50. The lowest BCUT2D eigenvalue weighted by Gasteiger charge is -2.35. The summed E-state index contributed by atoms with van der Waals surface area (Å²) in [6.07, 6.45) is 3.90. The third kappa shape index (κ3) is 4.59. The van der Waals surface area contributed by atoms with Gasteiger partial charge in [0.25, 0.3) is 0 Å². The summed E-state index contributed by atoms with van der Waals surface area (Å²) in [5, 5.41) is 0. The molecule has 2 aliphatic rings. The monoisotopic (exact) mass is 392 g/mol. The summed E-state index contributed by atoms with van der Waals surface area (Å²) >= 11 is 12.9. The molecule has 0 aromatic rings. The van der Waals surface area contributed by atoms with E-state index in [-0.39, 0.29) is 29.7 Å². The number of cyclic esters (lactones) is 1. The number of aliphatic imine (C=N–C) groups is 1. The van der Waals surface area contributed by atoms with Gasteiger partial charge in [0.2, 0.25) is 0 Å². The molecule has 3 unspecified atom stereocenters. The van der Waals surface area contributed by atoms with Gasteiger partial charge in [-0.2, -0.15) is 0 Å². The lowest BCUT2D eigenvalue weighted by Crippen LogP contribution is -2.45. The Balaban J connectivity index is 1.93. The van der Waals surface area contributed by atoms with E-state index in [0.717, 1.165) is 6.42 Å². The summed E-state index contributed by atoms with van der Waals surface area (Å²) in [6.45, 7) is 4.55. The van der Waals surface area contributed by atoms with Gasteiger partial charge in [-0.3, -0.25) is 14.6 Å². The second kappa shape index (κ2) is 8.58. The number of carbonyl (C=O) groups excluding carboxylic acids is 2. The van der Waals surface area contributed by atoms with E-state index in [2.05, 4.69) is 4.99 Å². The predicted octanol–water partition coefficient (Wildman–Crippen LogP) is 3.01. The molecule has 0 radical (unpaired) electrons. The maximum Gasteiger partial charge on any atom is 0.309 e. The second-order valence-electron chi connectivity index (χ2n) is 6.89. The van der Waals surface area contributed by atoms with Crippen LogP contribution in [-0.2, 0) is 19.1 Å². The fourth-order valence-corrected chi connectivity index (χ4v) is 4.02. The third-order valence-electron chi connectivity index (χ3n) is 4.99. The van der Waals surface area contributed by atoms with E-state index in [4.69, 9.17) is 32.7 Å². The first-order chi connectivity index (χ1) is 11.8. The van der Waals surface area contributed by atoms with E-state index in [0.29, 0.717) is 32.5 Å². The molecular formula is C17H26Cl2N2O4. The van der Waals surface area contributed by atoms with E-state index in [1.807, 2.05) is 20.9 Å². The molecule has 0 N–H and O–H groups in total. The average molecular weight is 393 g/mol. The lowest BCUT2D eigenvalue weighted by atomic mass is 9.79. The smallest absolute Gasteiger partial charge is 0.309 e. The average Bonchev–Trinajstić information content (AvgIpc) is 3.03. The van der Waals surface area contributed by atoms with Crippen LogP contribution in [0.15, 0.2) is 4.99 Å². The molecule has 142 valence electrons. The molecular weight excluding hydrogens is 367 g/mol. The van der Waals surface area contributed by atoms with Gasteiger partial charge in [-0.1, -0.05) is 37.0 Å². The molecule has 6 nitrogen and oxygen atoms in total. The van der Waals surface area contributed by atoms with Crippen molar-refractivity contribution in [3.05, 3.63) is 0 Å². The molecule has 0 aromatic carbocycles. The number of alkyl halides is 2. The number of carbonyl (C=O) groups is 2. The van der Waals surface area contributed by atoms with Crippen LogP contribution >= 0.6 is 23.2 Å². The van der Waals surface area contributed by atoms with Crippen LogP contribution in [0.2, 0.25) is 0 Å². The molecule has 1 saturated heterocycles. The van der Waals surface area contributed by atoms with Crippen LogP contribution in [0.4, 0.5) is 0 Å². The Morgan fingerprint density at radius 1 is 1.60 bits per heavy atom. The number of nitrogens with zero attached hydrogens (tertiary/aromatic N) is 2. The van der Waals surface area contributed by atoms with Crippen molar-refractivity contribution in [1.82, 2.24) is 4.90 Å². The third-order valence-corrected chi connectivity index (χ3v) is 6.21. The SMILES string of the molecule is CCCC(=O)OCCC(C)[C@@H]1C(=O)OC[C@@H]1CC1(Cl)C(Cl)N=CN1C. The van der Waals surface area contributed by atoms with Crippen molar-refractivity contribution in [2.75, 3.05) is 20.3 Å². The molecule has 1 fully saturated rings. The van der Waals surface area contributed by atoms with Crippen molar-refractivity contribution >= 4 is 41.5 Å². The highest BCUT2D eigenvalue weighted by atomic mass is 35.5. The fourth-order valence-electron chi connectivity index (χ4n) is 3.42. The number of ether oxygens (including phenoxy) is 2. The highest BCUT2D eigenvalue weighted by molar-refractivity contribution is 6.33. The van der Waals surface area contributed by atoms with Gasteiger partial charge in [-0.15, -0.1) is 0 Å². The minimum Gasteiger partial charge on any atom is -0.466 e. The van der Waals surface area contributed by atoms with Gasteiger partial charge in [0.15, 0.2) is 10.5 Å². The van der Waals surface area contributed by atoms with Gasteiger partial charge in [-0.05, 0) is 25.2 Å². The van der Waals surface area contributed by atoms with Crippen LogP contribution in [-0.4, -0.2) is 53.9 Å². The van der Waals surface area contributed by atoms with E-state index in [9.17, 15) is 9.59 Å². The Hall–Kier alpha value is -1.01. The van der Waals surface area contributed by atoms with Crippen LogP contribution in [0.5, 0.6) is 0 Å². The molecule has 8 heteroatoms. The van der Waals surface area contributed by atoms with E-state index >= 15 is 0 Å². The lowest BCUT2D eigenvalue weighted by molar-refractivity contribution is -0.144. The first-order valence-corrected chi connectivity index (χ1v) is 9.52. The molecule has 0 bridgehead atoms. The number of esters is 2. The van der Waals surface area contributed by atoms with Crippen LogP contribution in [0.3, 0.4) is 0 Å². The Kier molecular flexibility index (Phi) is 6.97. The van der Waals surface area contributed by atoms with Crippen molar-refractivity contribution in [2.24, 2.45) is 22.7 Å². The zero-order valence-corrected chi connectivity index (χ0v) is 16.4. The molecule has 25 heavy (non-hydrogen) atoms. The van der Waals surface area contributed by atoms with Crippen molar-refractivity contribution < 1.29 is 19.1 Å². The molecule has 2 heterocycles. The summed E-state index contributed by atoms with van der Waals surface area (Å²) in [6, 6.07) is 0. The van der Waals surface area contributed by atoms with Gasteiger partial charge in [0.05, 0.1) is 25.5 Å². The van der Waals surface area contributed by atoms with Crippen LogP contribution in [0, 0.1) is 17.8 Å². The molecule has 2 aliphatic heterocycles. The van der Waals surface area contributed by atoms with Crippen molar-refractivity contribution in [1.29, 1.82) is 0 Å². The summed E-state index contributed by atoms with van der Waals surface area (Å²) in [4.78, 5) is 28.7. The van der Waals surface area contributed by atoms with Gasteiger partial charge >= 0.3 is 11.9 Å². The number of hydrogen-bond donors (Lipinski definition) is 0. The van der Waals surface area contributed by atoms with Crippen LogP contribution in [0.1, 0.15) is 39.5 Å². The Morgan fingerprint density at radius 2 is 2.32 bits per heavy atom. The molecule has 0 aliphatic carbocycles. The van der Waals surface area contributed by atoms with E-state index < -0.39 is 10.5 Å². The number of likely N-dealkylation sites (N-methyl/N-ethyl adjacent to an activating group) is 1. The number of rotatable bonds is 8. The first-order valence-electron chi connectivity index (χ1n) is 8.71. The minimum absolute atomic E-state index is 0.0242. The zero-order valence-electron chi connectivity index (χ0n) is 14.9. The van der Waals surface area contributed by atoms with Crippen molar-refractivity contribution in [3.8, 4) is 0 Å². The van der Waals surface area contributed by atoms with Gasteiger partial charge in [-0.25, -0.2) is 0 Å². The molecule has 0 aromatic heterocycles. The summed E-state index contributed by atoms with van der Waals surface area (Å²) in [5.41, 5.74) is -0.569. The molecule has 0 spiro atoms. The summed E-state index contributed by atoms with van der Waals surface area (Å²) < 4.78 is 10.5. The predicted molar refractivity (Wildman–Crippen MR) is 96.7 cm³/mol. The Bertz CT molecular complexity index is 517. The Morgan fingerprint density at radius 3 is 2.92 bits per heavy atom. The van der Waals surface area contributed by atoms with Crippen molar-refractivity contribution in [2.45, 2.75) is 50.0 Å². The maximum atomic E-state index is 12.2. The number of hydrogen-bond acceptors (Lipinski definition) is 6. The quantitative estimate of drug-likeness (QED) is 0.360. The van der Waals surface area contributed by atoms with E-state index in [1.165, 1.54) is 0 Å². The highest BCUT2D eigenvalue weighted by Crippen LogP contribution is 2.43. The standard InChI is InChI=1S/C17H26Cl2N2O4/c1-4-5-13(22)24-7-6-11(2)14-12(9-25-15(14)23)8-17(19)16(18)20-10-21(17)3/h10-12,14,16H,4-9H2,1-3H3/t11?,12-,14-,16?,17?/m0/s1. The summed E-state index contributed by atoms with van der Waals surface area (Å²) in [7, 11) is 1.82. The topological polar surface area (TPSA) is 68.2 Å². The van der Waals surface area contributed by atoms with Crippen LogP contribution < -0.4 is 0 Å². The van der Waals surface area contributed by atoms with Gasteiger partial charge < -0.3 is 14.4 Å². The fraction of sp³-hybridized carbons (Fsp3) is 0.824. The van der Waals surface area contributed by atoms with Crippen LogP contribution in [0.25, 0.3) is 0 Å². The van der Waals surface area contributed by atoms with Gasteiger partial charge in [0, 0.05) is 19.4 Å². The first kappa shape index (κ1) is 20.3. The summed E-state index contributed by atoms with van der Waals surface area (Å²) in [5.74, 6) is -0.716. The van der Waals surface area contributed by atoms with Crippen molar-refractivity contribution in [3.63, 3.8) is 0 Å². The molecule has 0 amide bonds. The van der Waals surface area contributed by atoms with E-state index in [1.54, 1.807) is 11.2 Å².